The van der Waals surface area contributed by atoms with E-state index < -0.39 is 0 Å². The lowest BCUT2D eigenvalue weighted by Gasteiger charge is -2.33. The maximum atomic E-state index is 12.8. The highest BCUT2D eigenvalue weighted by Crippen LogP contribution is 2.33. The van der Waals surface area contributed by atoms with Crippen molar-refractivity contribution < 1.29 is 28.8 Å². The first kappa shape index (κ1) is 20.5. The van der Waals surface area contributed by atoms with E-state index in [2.05, 4.69) is 24.5 Å². The zero-order chi connectivity index (χ0) is 20.9. The van der Waals surface area contributed by atoms with Gasteiger partial charge in [0, 0.05) is 11.1 Å². The highest BCUT2D eigenvalue weighted by atomic mass is 16.7. The van der Waals surface area contributed by atoms with Crippen molar-refractivity contribution in [2.75, 3.05) is 53.2 Å². The summed E-state index contributed by atoms with van der Waals surface area (Å²) in [5.41, 5.74) is 1.81. The molecule has 2 aliphatic rings. The van der Waals surface area contributed by atoms with E-state index in [1.165, 1.54) is 10.5 Å². The van der Waals surface area contributed by atoms with Gasteiger partial charge in [0.1, 0.15) is 38.0 Å². The third kappa shape index (κ3) is 4.68. The van der Waals surface area contributed by atoms with Gasteiger partial charge in [-0.05, 0) is 49.4 Å². The zero-order valence-electron chi connectivity index (χ0n) is 17.7. The van der Waals surface area contributed by atoms with E-state index in [-0.39, 0.29) is 18.7 Å². The standard InChI is InChI=1S/C23H29N3O4/c1-3-28-19-7-4-17(5-8-19)23(27)24-15-20(26-12-10-25(2)11-13-26)18-6-9-21-22(14-18)30-16-29-21/h4-9,14,20H,3,10-13,15-16H2,1-2H3,(H,24,27)/p+2/t20-/m0/s1. The molecule has 0 aromatic heterocycles. The van der Waals surface area contributed by atoms with Crippen molar-refractivity contribution in [3.63, 3.8) is 0 Å². The number of carbonyl (C=O) groups excluding carboxylic acids is 1. The number of piperazine rings is 1. The zero-order valence-corrected chi connectivity index (χ0v) is 17.7. The monoisotopic (exact) mass is 413 g/mol. The fraction of sp³-hybridized carbons (Fsp3) is 0.435. The molecule has 0 spiro atoms. The number of amides is 1. The molecule has 7 nitrogen and oxygen atoms in total. The van der Waals surface area contributed by atoms with Crippen molar-refractivity contribution in [2.24, 2.45) is 0 Å². The van der Waals surface area contributed by atoms with E-state index in [0.717, 1.165) is 43.4 Å². The summed E-state index contributed by atoms with van der Waals surface area (Å²) >= 11 is 0. The highest BCUT2D eigenvalue weighted by molar-refractivity contribution is 5.94. The lowest BCUT2D eigenvalue weighted by Crippen LogP contribution is -3.27. The van der Waals surface area contributed by atoms with Crippen molar-refractivity contribution in [3.8, 4) is 17.2 Å². The van der Waals surface area contributed by atoms with E-state index in [1.54, 1.807) is 4.90 Å². The third-order valence-corrected chi connectivity index (χ3v) is 5.93. The molecule has 2 aliphatic heterocycles. The van der Waals surface area contributed by atoms with Crippen LogP contribution in [0.15, 0.2) is 42.5 Å². The number of quaternary nitrogens is 2. The molecular weight excluding hydrogens is 382 g/mol. The number of benzene rings is 2. The second kappa shape index (κ2) is 9.36. The molecular formula is C23H31N3O4+2. The number of nitrogens with one attached hydrogen (secondary N) is 3. The molecule has 0 radical (unpaired) electrons. The van der Waals surface area contributed by atoms with Crippen LogP contribution in [-0.4, -0.2) is 59.1 Å². The molecule has 1 amide bonds. The molecule has 1 fully saturated rings. The molecule has 0 unspecified atom stereocenters. The maximum absolute atomic E-state index is 12.8. The average molecular weight is 414 g/mol. The van der Waals surface area contributed by atoms with Crippen molar-refractivity contribution in [3.05, 3.63) is 53.6 Å². The minimum absolute atomic E-state index is 0.0667. The molecule has 1 saturated heterocycles. The topological polar surface area (TPSA) is 65.7 Å². The maximum Gasteiger partial charge on any atom is 0.251 e. The molecule has 2 heterocycles. The number of carbonyl (C=O) groups is 1. The van der Waals surface area contributed by atoms with E-state index in [0.29, 0.717) is 18.7 Å². The van der Waals surface area contributed by atoms with Gasteiger partial charge in [-0.1, -0.05) is 0 Å². The Morgan fingerprint density at radius 1 is 1.07 bits per heavy atom. The summed E-state index contributed by atoms with van der Waals surface area (Å²) in [7, 11) is 2.24. The van der Waals surface area contributed by atoms with Crippen molar-refractivity contribution >= 4 is 5.91 Å². The van der Waals surface area contributed by atoms with Gasteiger partial charge in [0.05, 0.1) is 20.2 Å². The van der Waals surface area contributed by atoms with Crippen LogP contribution in [0.3, 0.4) is 0 Å². The van der Waals surface area contributed by atoms with Gasteiger partial charge < -0.3 is 29.3 Å². The molecule has 0 bridgehead atoms. The summed E-state index contributed by atoms with van der Waals surface area (Å²) < 4.78 is 16.5. The number of ether oxygens (including phenoxy) is 3. The normalized spacial score (nSPS) is 21.1. The van der Waals surface area contributed by atoms with Crippen molar-refractivity contribution in [1.29, 1.82) is 0 Å². The summed E-state index contributed by atoms with van der Waals surface area (Å²) in [6, 6.07) is 13.6. The summed E-state index contributed by atoms with van der Waals surface area (Å²) in [5.74, 6) is 2.28. The Hall–Kier alpha value is -2.77. The molecule has 0 aliphatic carbocycles. The van der Waals surface area contributed by atoms with Gasteiger partial charge in [0.25, 0.3) is 5.91 Å². The first-order valence-electron chi connectivity index (χ1n) is 10.7. The molecule has 0 saturated carbocycles. The van der Waals surface area contributed by atoms with Crippen LogP contribution in [0.2, 0.25) is 0 Å². The molecule has 2 aromatic carbocycles. The van der Waals surface area contributed by atoms with Crippen LogP contribution in [0.25, 0.3) is 0 Å². The number of rotatable bonds is 7. The Morgan fingerprint density at radius 2 is 1.80 bits per heavy atom. The highest BCUT2D eigenvalue weighted by Gasteiger charge is 2.31. The van der Waals surface area contributed by atoms with E-state index >= 15 is 0 Å². The van der Waals surface area contributed by atoms with Gasteiger partial charge in [-0.25, -0.2) is 0 Å². The molecule has 4 rings (SSSR count). The second-order valence-electron chi connectivity index (χ2n) is 7.95. The largest absolute Gasteiger partial charge is 0.494 e. The lowest BCUT2D eigenvalue weighted by atomic mass is 10.0. The van der Waals surface area contributed by atoms with Crippen LogP contribution in [0.4, 0.5) is 0 Å². The van der Waals surface area contributed by atoms with Gasteiger partial charge in [0.15, 0.2) is 11.5 Å². The van der Waals surface area contributed by atoms with Crippen LogP contribution < -0.4 is 29.3 Å². The minimum Gasteiger partial charge on any atom is -0.494 e. The van der Waals surface area contributed by atoms with E-state index in [4.69, 9.17) is 14.2 Å². The Morgan fingerprint density at radius 3 is 2.53 bits per heavy atom. The Bertz CT molecular complexity index is 863. The summed E-state index contributed by atoms with van der Waals surface area (Å²) in [5, 5.41) is 3.15. The molecule has 1 atom stereocenters. The summed E-state index contributed by atoms with van der Waals surface area (Å²) in [6.07, 6.45) is 0. The van der Waals surface area contributed by atoms with Gasteiger partial charge in [-0.3, -0.25) is 4.79 Å². The number of likely N-dealkylation sites (N-methyl/N-ethyl adjacent to an activating group) is 1. The lowest BCUT2D eigenvalue weighted by molar-refractivity contribution is -1.02. The first-order chi connectivity index (χ1) is 14.6. The van der Waals surface area contributed by atoms with Crippen LogP contribution >= 0.6 is 0 Å². The van der Waals surface area contributed by atoms with Crippen molar-refractivity contribution in [2.45, 2.75) is 13.0 Å². The summed E-state index contributed by atoms with van der Waals surface area (Å²) in [4.78, 5) is 15.8. The molecule has 2 aromatic rings. The van der Waals surface area contributed by atoms with Crippen molar-refractivity contribution in [1.82, 2.24) is 5.32 Å². The van der Waals surface area contributed by atoms with E-state index in [9.17, 15) is 4.79 Å². The van der Waals surface area contributed by atoms with Gasteiger partial charge in [-0.2, -0.15) is 0 Å². The molecule has 3 N–H and O–H groups in total. The first-order valence-corrected chi connectivity index (χ1v) is 10.7. The minimum atomic E-state index is -0.0667. The van der Waals surface area contributed by atoms with Crippen LogP contribution in [0, 0.1) is 0 Å². The van der Waals surface area contributed by atoms with Gasteiger partial charge in [-0.15, -0.1) is 0 Å². The number of hydrogen-bond donors (Lipinski definition) is 3. The number of fused-ring (bicyclic) bond motifs is 1. The SMILES string of the molecule is CCOc1ccc(C(=O)NC[C@@H](c2ccc3c(c2)OCO3)[NH+]2CC[NH+](C)CC2)cc1. The quantitative estimate of drug-likeness (QED) is 0.583. The van der Waals surface area contributed by atoms with Crippen LogP contribution in [-0.2, 0) is 0 Å². The molecule has 160 valence electrons. The van der Waals surface area contributed by atoms with Gasteiger partial charge in [0.2, 0.25) is 6.79 Å². The van der Waals surface area contributed by atoms with Gasteiger partial charge >= 0.3 is 0 Å². The molecule has 30 heavy (non-hydrogen) atoms. The number of hydrogen-bond acceptors (Lipinski definition) is 4. The second-order valence-corrected chi connectivity index (χ2v) is 7.95. The Balaban J connectivity index is 1.47. The third-order valence-electron chi connectivity index (χ3n) is 5.93. The predicted octanol–water partition coefficient (Wildman–Crippen LogP) is -0.302. The summed E-state index contributed by atoms with van der Waals surface area (Å²) in [6.45, 7) is 7.79. The fourth-order valence-corrected chi connectivity index (χ4v) is 4.14. The van der Waals surface area contributed by atoms with E-state index in [1.807, 2.05) is 37.3 Å². The molecule has 7 heteroatoms. The fourth-order valence-electron chi connectivity index (χ4n) is 4.14. The Labute approximate surface area is 177 Å². The smallest absolute Gasteiger partial charge is 0.251 e. The Kier molecular flexibility index (Phi) is 6.40. The average Bonchev–Trinajstić information content (AvgIpc) is 3.24. The predicted molar refractivity (Wildman–Crippen MR) is 113 cm³/mol. The van der Waals surface area contributed by atoms with Crippen LogP contribution in [0.5, 0.6) is 17.2 Å². The van der Waals surface area contributed by atoms with Crippen LogP contribution in [0.1, 0.15) is 28.9 Å².